The Kier molecular flexibility index (Phi) is 5.20. The highest BCUT2D eigenvalue weighted by Gasteiger charge is 2.21. The number of halogens is 2. The number of imidazole rings is 1. The van der Waals surface area contributed by atoms with Gasteiger partial charge in [-0.05, 0) is 30.3 Å². The second-order valence-corrected chi connectivity index (χ2v) is 6.66. The Labute approximate surface area is 161 Å². The molecule has 3 rings (SSSR count). The summed E-state index contributed by atoms with van der Waals surface area (Å²) < 4.78 is 8.81. The quantitative estimate of drug-likeness (QED) is 0.532. The molecule has 26 heavy (non-hydrogen) atoms. The molecule has 0 fully saturated rings. The van der Waals surface area contributed by atoms with E-state index < -0.39 is 0 Å². The van der Waals surface area contributed by atoms with E-state index in [1.807, 2.05) is 42.1 Å². The highest BCUT2D eigenvalue weighted by molar-refractivity contribution is 6.42. The molecule has 0 saturated heterocycles. The maximum atomic E-state index is 12.6. The topological polar surface area (TPSA) is 61.1 Å². The molecule has 0 spiro atoms. The first-order chi connectivity index (χ1) is 12.4. The number of nitrogens with zero attached hydrogens (tertiary/aromatic N) is 2. The van der Waals surface area contributed by atoms with Gasteiger partial charge in [-0.2, -0.15) is 0 Å². The number of ketones is 1. The van der Waals surface area contributed by atoms with Crippen molar-refractivity contribution in [3.05, 3.63) is 64.3 Å². The number of anilines is 1. The van der Waals surface area contributed by atoms with Crippen LogP contribution in [0.1, 0.15) is 10.4 Å². The van der Waals surface area contributed by atoms with Gasteiger partial charge in [0.15, 0.2) is 5.78 Å². The lowest BCUT2D eigenvalue weighted by atomic mass is 10.1. The molecule has 3 aromatic rings. The highest BCUT2D eigenvalue weighted by atomic mass is 35.5. The number of methoxy groups -OCH3 is 1. The zero-order chi connectivity index (χ0) is 18.8. The highest BCUT2D eigenvalue weighted by Crippen LogP contribution is 2.25. The third kappa shape index (κ3) is 3.54. The molecule has 5 nitrogen and oxygen atoms in total. The lowest BCUT2D eigenvalue weighted by Gasteiger charge is -2.02. The van der Waals surface area contributed by atoms with Crippen molar-refractivity contribution >= 4 is 34.9 Å². The van der Waals surface area contributed by atoms with Crippen LogP contribution in [0.4, 0.5) is 5.95 Å². The van der Waals surface area contributed by atoms with Crippen molar-refractivity contribution in [2.45, 2.75) is 6.54 Å². The van der Waals surface area contributed by atoms with Gasteiger partial charge < -0.3 is 4.74 Å². The lowest BCUT2D eigenvalue weighted by Crippen LogP contribution is -2.39. The number of carbonyl (C=O) groups excluding carboxylic acids is 1. The van der Waals surface area contributed by atoms with Gasteiger partial charge in [-0.15, -0.1) is 0 Å². The minimum absolute atomic E-state index is 0.0988. The molecule has 0 unspecified atom stereocenters. The molecule has 0 radical (unpaired) electrons. The molecule has 2 aromatic carbocycles. The lowest BCUT2D eigenvalue weighted by molar-refractivity contribution is -0.667. The number of nitrogen functional groups attached to an aromatic ring is 1. The molecule has 0 bridgehead atoms. The van der Waals surface area contributed by atoms with E-state index in [-0.39, 0.29) is 12.3 Å². The van der Waals surface area contributed by atoms with Gasteiger partial charge >= 0.3 is 5.95 Å². The fourth-order valence-electron chi connectivity index (χ4n) is 2.71. The Hall–Kier alpha value is -2.50. The van der Waals surface area contributed by atoms with E-state index in [4.69, 9.17) is 33.7 Å². The summed E-state index contributed by atoms with van der Waals surface area (Å²) in [6.45, 7) is 0.0988. The summed E-state index contributed by atoms with van der Waals surface area (Å²) in [5.74, 6) is 1.11. The Morgan fingerprint density at radius 3 is 2.65 bits per heavy atom. The van der Waals surface area contributed by atoms with Crippen LogP contribution in [0.25, 0.3) is 11.3 Å². The molecule has 1 aromatic heterocycles. The van der Waals surface area contributed by atoms with Crippen LogP contribution < -0.4 is 15.0 Å². The molecule has 0 atom stereocenters. The number of hydrogen-bond donors (Lipinski definition) is 1. The second kappa shape index (κ2) is 7.40. The van der Waals surface area contributed by atoms with E-state index in [1.54, 1.807) is 29.9 Å². The summed E-state index contributed by atoms with van der Waals surface area (Å²) in [4.78, 5) is 12.6. The van der Waals surface area contributed by atoms with Gasteiger partial charge in [0.1, 0.15) is 24.2 Å². The summed E-state index contributed by atoms with van der Waals surface area (Å²) in [7, 11) is 3.47. The van der Waals surface area contributed by atoms with Crippen molar-refractivity contribution in [2.75, 3.05) is 12.8 Å². The zero-order valence-electron chi connectivity index (χ0n) is 14.4. The van der Waals surface area contributed by atoms with Crippen molar-refractivity contribution in [3.63, 3.8) is 0 Å². The Morgan fingerprint density at radius 1 is 1.19 bits per heavy atom. The number of carbonyl (C=O) groups is 1. The average Bonchev–Trinajstić information content (AvgIpc) is 2.92. The molecule has 134 valence electrons. The molecule has 1 heterocycles. The molecule has 0 amide bonds. The first-order valence-electron chi connectivity index (χ1n) is 7.88. The summed E-state index contributed by atoms with van der Waals surface area (Å²) >= 11 is 11.9. The minimum atomic E-state index is -0.108. The third-order valence-electron chi connectivity index (χ3n) is 4.20. The molecule has 2 N–H and O–H groups in total. The maximum absolute atomic E-state index is 12.6. The van der Waals surface area contributed by atoms with Crippen LogP contribution in [0.2, 0.25) is 10.0 Å². The summed E-state index contributed by atoms with van der Waals surface area (Å²) in [6, 6.07) is 12.5. The van der Waals surface area contributed by atoms with E-state index in [0.717, 1.165) is 17.0 Å². The van der Waals surface area contributed by atoms with Gasteiger partial charge in [0.25, 0.3) is 0 Å². The fraction of sp³-hybridized carbons (Fsp3) is 0.158. The van der Waals surface area contributed by atoms with Crippen molar-refractivity contribution < 1.29 is 14.1 Å². The van der Waals surface area contributed by atoms with Gasteiger partial charge in [0, 0.05) is 11.1 Å². The van der Waals surface area contributed by atoms with Crippen molar-refractivity contribution in [2.24, 2.45) is 7.05 Å². The number of benzene rings is 2. The molecular weight excluding hydrogens is 373 g/mol. The van der Waals surface area contributed by atoms with Crippen LogP contribution in [0.15, 0.2) is 48.7 Å². The third-order valence-corrected chi connectivity index (χ3v) is 4.94. The Morgan fingerprint density at radius 2 is 1.96 bits per heavy atom. The zero-order valence-corrected chi connectivity index (χ0v) is 15.9. The number of Topliss-reactive ketones (excluding diaryl/α,β-unsaturated/α-hetero) is 1. The number of hydrogen-bond acceptors (Lipinski definition) is 3. The van der Waals surface area contributed by atoms with Crippen molar-refractivity contribution in [1.29, 1.82) is 0 Å². The standard InChI is InChI=1S/C19H17Cl2N3O2/c1-23-17(12-4-3-5-14(8-12)26-2)10-24(19(23)22)11-18(25)13-6-7-15(20)16(21)9-13/h3-10,22H,11H2,1-2H3/p+1. The van der Waals surface area contributed by atoms with Crippen molar-refractivity contribution in [3.8, 4) is 17.0 Å². The van der Waals surface area contributed by atoms with Gasteiger partial charge in [0.05, 0.1) is 24.2 Å². The number of rotatable bonds is 5. The van der Waals surface area contributed by atoms with Crippen LogP contribution in [-0.4, -0.2) is 17.5 Å². The van der Waals surface area contributed by atoms with Crippen LogP contribution in [0, 0.1) is 0 Å². The fourth-order valence-corrected chi connectivity index (χ4v) is 3.01. The SMILES string of the molecule is COc1cccc(-c2c[n+](CC(=O)c3ccc(Cl)c(Cl)c3)c(N)n2C)c1. The Balaban J connectivity index is 1.91. The number of aromatic nitrogens is 2. The second-order valence-electron chi connectivity index (χ2n) is 5.84. The largest absolute Gasteiger partial charge is 0.497 e. The average molecular weight is 391 g/mol. The summed E-state index contributed by atoms with van der Waals surface area (Å²) in [5, 5.41) is 0.760. The molecule has 0 saturated carbocycles. The number of ether oxygens (including phenoxy) is 1. The van der Waals surface area contributed by atoms with Crippen molar-refractivity contribution in [1.82, 2.24) is 4.57 Å². The minimum Gasteiger partial charge on any atom is -0.497 e. The molecule has 0 aliphatic rings. The monoisotopic (exact) mass is 390 g/mol. The van der Waals surface area contributed by atoms with Crippen LogP contribution in [0.5, 0.6) is 5.75 Å². The van der Waals surface area contributed by atoms with Crippen LogP contribution in [-0.2, 0) is 13.6 Å². The van der Waals surface area contributed by atoms with E-state index in [2.05, 4.69) is 0 Å². The van der Waals surface area contributed by atoms with E-state index >= 15 is 0 Å². The predicted octanol–water partition coefficient (Wildman–Crippen LogP) is 3.76. The van der Waals surface area contributed by atoms with Crippen LogP contribution in [0.3, 0.4) is 0 Å². The molecule has 7 heteroatoms. The first kappa shape index (κ1) is 18.3. The summed E-state index contributed by atoms with van der Waals surface area (Å²) in [5.41, 5.74) is 8.49. The van der Waals surface area contributed by atoms with Gasteiger partial charge in [0.2, 0.25) is 0 Å². The predicted molar refractivity (Wildman–Crippen MR) is 103 cm³/mol. The van der Waals surface area contributed by atoms with E-state index in [9.17, 15) is 4.79 Å². The molecule has 0 aliphatic heterocycles. The molecule has 0 aliphatic carbocycles. The Bertz CT molecular complexity index is 983. The van der Waals surface area contributed by atoms with E-state index in [1.165, 1.54) is 0 Å². The van der Waals surface area contributed by atoms with E-state index in [0.29, 0.717) is 21.6 Å². The smallest absolute Gasteiger partial charge is 0.355 e. The summed E-state index contributed by atoms with van der Waals surface area (Å²) in [6.07, 6.45) is 1.85. The van der Waals surface area contributed by atoms with Gasteiger partial charge in [-0.1, -0.05) is 35.3 Å². The van der Waals surface area contributed by atoms with Gasteiger partial charge in [-0.25, -0.2) is 9.13 Å². The molecular formula is C19H18Cl2N3O2+. The maximum Gasteiger partial charge on any atom is 0.355 e. The van der Waals surface area contributed by atoms with Crippen LogP contribution >= 0.6 is 23.2 Å². The normalized spacial score (nSPS) is 10.8. The first-order valence-corrected chi connectivity index (χ1v) is 8.63. The number of nitrogens with two attached hydrogens (primary N) is 1. The van der Waals surface area contributed by atoms with Gasteiger partial charge in [-0.3, -0.25) is 10.5 Å².